The molecule has 0 aromatic carbocycles. The highest BCUT2D eigenvalue weighted by Crippen LogP contribution is 2.10. The van der Waals surface area contributed by atoms with Crippen LogP contribution in [0.5, 0.6) is 0 Å². The first kappa shape index (κ1) is 18.2. The summed E-state index contributed by atoms with van der Waals surface area (Å²) >= 11 is 0. The van der Waals surface area contributed by atoms with Crippen LogP contribution in [0.2, 0.25) is 0 Å². The van der Waals surface area contributed by atoms with Crippen molar-refractivity contribution in [1.82, 2.24) is 5.32 Å². The molecule has 0 saturated carbocycles. The monoisotopic (exact) mass is 289 g/mol. The number of hydrogen-bond donors (Lipinski definition) is 2. The zero-order valence-electron chi connectivity index (χ0n) is 12.7. The third kappa shape index (κ3) is 6.96. The van der Waals surface area contributed by atoms with Crippen LogP contribution in [-0.4, -0.2) is 40.9 Å². The second-order valence-electron chi connectivity index (χ2n) is 5.79. The molecule has 0 rings (SSSR count). The van der Waals surface area contributed by atoms with Crippen LogP contribution in [0.15, 0.2) is 0 Å². The van der Waals surface area contributed by atoms with E-state index < -0.39 is 35.8 Å². The Morgan fingerprint density at radius 3 is 1.95 bits per heavy atom. The number of alkyl carbamates (subject to hydrolysis) is 1. The van der Waals surface area contributed by atoms with Crippen molar-refractivity contribution in [3.63, 3.8) is 0 Å². The van der Waals surface area contributed by atoms with Gasteiger partial charge in [0.2, 0.25) is 0 Å². The van der Waals surface area contributed by atoms with Gasteiger partial charge in [0.25, 0.3) is 0 Å². The van der Waals surface area contributed by atoms with Crippen LogP contribution in [0.3, 0.4) is 0 Å². The highest BCUT2D eigenvalue weighted by atomic mass is 16.6. The molecule has 0 spiro atoms. The third-order valence-corrected chi connectivity index (χ3v) is 2.23. The van der Waals surface area contributed by atoms with Crippen LogP contribution in [-0.2, 0) is 19.1 Å². The summed E-state index contributed by atoms with van der Waals surface area (Å²) in [6.07, 6.45) is -2.03. The minimum Gasteiger partial charge on any atom is -0.479 e. The molecule has 7 heteroatoms. The summed E-state index contributed by atoms with van der Waals surface area (Å²) in [6, 6.07) is -0.966. The average molecular weight is 289 g/mol. The molecular formula is C13H23NO6. The lowest BCUT2D eigenvalue weighted by atomic mass is 10.1. The van der Waals surface area contributed by atoms with E-state index in [4.69, 9.17) is 14.6 Å². The Morgan fingerprint density at radius 1 is 1.10 bits per heavy atom. The molecule has 116 valence electrons. The SMILES string of the molecule is CC(OC(=O)[C@@H](NC(=O)OC(C)(C)C)C(C)C)C(=O)O. The van der Waals surface area contributed by atoms with Crippen molar-refractivity contribution in [2.24, 2.45) is 5.92 Å². The van der Waals surface area contributed by atoms with Gasteiger partial charge in [-0.1, -0.05) is 13.8 Å². The number of esters is 1. The standard InChI is InChI=1S/C13H23NO6/c1-7(2)9(11(17)19-8(3)10(15)16)14-12(18)20-13(4,5)6/h7-9H,1-6H3,(H,14,18)(H,15,16)/t8?,9-/m0/s1. The number of aliphatic carboxylic acids is 1. The summed E-state index contributed by atoms with van der Waals surface area (Å²) < 4.78 is 9.80. The van der Waals surface area contributed by atoms with E-state index in [1.165, 1.54) is 6.92 Å². The van der Waals surface area contributed by atoms with Gasteiger partial charge in [-0.2, -0.15) is 0 Å². The molecule has 0 aliphatic carbocycles. The molecule has 1 amide bonds. The summed E-state index contributed by atoms with van der Waals surface area (Å²) in [5.74, 6) is -2.32. The molecule has 0 bridgehead atoms. The number of carboxylic acid groups (broad SMARTS) is 1. The Labute approximate surface area is 118 Å². The Bertz CT molecular complexity index is 372. The van der Waals surface area contributed by atoms with Crippen LogP contribution in [0.25, 0.3) is 0 Å². The predicted molar refractivity (Wildman–Crippen MR) is 71.2 cm³/mol. The molecule has 0 aromatic heterocycles. The fourth-order valence-electron chi connectivity index (χ4n) is 1.23. The molecule has 0 radical (unpaired) electrons. The minimum absolute atomic E-state index is 0.268. The summed E-state index contributed by atoms with van der Waals surface area (Å²) in [5.41, 5.74) is -0.691. The highest BCUT2D eigenvalue weighted by molar-refractivity contribution is 5.84. The first-order valence-corrected chi connectivity index (χ1v) is 6.37. The zero-order valence-corrected chi connectivity index (χ0v) is 12.7. The molecule has 20 heavy (non-hydrogen) atoms. The molecule has 1 unspecified atom stereocenters. The number of carboxylic acids is 1. The van der Waals surface area contributed by atoms with Gasteiger partial charge in [-0.15, -0.1) is 0 Å². The van der Waals surface area contributed by atoms with Crippen molar-refractivity contribution < 1.29 is 29.0 Å². The number of carbonyl (C=O) groups is 3. The highest BCUT2D eigenvalue weighted by Gasteiger charge is 2.30. The molecule has 0 saturated heterocycles. The molecule has 2 N–H and O–H groups in total. The Morgan fingerprint density at radius 2 is 1.60 bits per heavy atom. The van der Waals surface area contributed by atoms with Gasteiger partial charge in [-0.05, 0) is 33.6 Å². The van der Waals surface area contributed by atoms with E-state index in [0.29, 0.717) is 0 Å². The van der Waals surface area contributed by atoms with E-state index in [2.05, 4.69) is 5.32 Å². The van der Waals surface area contributed by atoms with Gasteiger partial charge in [-0.3, -0.25) is 0 Å². The molecule has 0 aliphatic rings. The Kier molecular flexibility index (Phi) is 6.48. The fourth-order valence-corrected chi connectivity index (χ4v) is 1.23. The van der Waals surface area contributed by atoms with E-state index in [1.54, 1.807) is 34.6 Å². The molecule has 0 heterocycles. The summed E-state index contributed by atoms with van der Waals surface area (Å²) in [6.45, 7) is 9.74. The molecule has 2 atom stereocenters. The fraction of sp³-hybridized carbons (Fsp3) is 0.769. The van der Waals surface area contributed by atoms with Crippen LogP contribution >= 0.6 is 0 Å². The maximum atomic E-state index is 11.8. The van der Waals surface area contributed by atoms with E-state index in [9.17, 15) is 14.4 Å². The van der Waals surface area contributed by atoms with Gasteiger partial charge < -0.3 is 19.9 Å². The van der Waals surface area contributed by atoms with Crippen LogP contribution < -0.4 is 5.32 Å². The first-order valence-electron chi connectivity index (χ1n) is 6.37. The Balaban J connectivity index is 4.69. The van der Waals surface area contributed by atoms with Crippen molar-refractivity contribution >= 4 is 18.0 Å². The summed E-state index contributed by atoms with van der Waals surface area (Å²) in [7, 11) is 0. The van der Waals surface area contributed by atoms with E-state index in [0.717, 1.165) is 0 Å². The lowest BCUT2D eigenvalue weighted by molar-refractivity contribution is -0.164. The number of hydrogen-bond acceptors (Lipinski definition) is 5. The largest absolute Gasteiger partial charge is 0.479 e. The predicted octanol–water partition coefficient (Wildman–Crippen LogP) is 1.55. The summed E-state index contributed by atoms with van der Waals surface area (Å²) in [5, 5.41) is 11.1. The molecular weight excluding hydrogens is 266 g/mol. The lowest BCUT2D eigenvalue weighted by Gasteiger charge is -2.25. The van der Waals surface area contributed by atoms with Gasteiger partial charge in [0, 0.05) is 0 Å². The number of ether oxygens (including phenoxy) is 2. The maximum absolute atomic E-state index is 11.8. The van der Waals surface area contributed by atoms with Gasteiger partial charge >= 0.3 is 18.0 Å². The normalized spacial score (nSPS) is 14.3. The first-order chi connectivity index (χ1) is 8.94. The van der Waals surface area contributed by atoms with E-state index in [-0.39, 0.29) is 5.92 Å². The van der Waals surface area contributed by atoms with Crippen molar-refractivity contribution in [3.8, 4) is 0 Å². The van der Waals surface area contributed by atoms with Crippen LogP contribution in [0.4, 0.5) is 4.79 Å². The van der Waals surface area contributed by atoms with Crippen molar-refractivity contribution in [2.45, 2.75) is 59.3 Å². The van der Waals surface area contributed by atoms with E-state index in [1.807, 2.05) is 0 Å². The number of amides is 1. The average Bonchev–Trinajstić information content (AvgIpc) is 2.22. The molecule has 7 nitrogen and oxygen atoms in total. The van der Waals surface area contributed by atoms with Crippen LogP contribution in [0, 0.1) is 5.92 Å². The van der Waals surface area contributed by atoms with E-state index >= 15 is 0 Å². The Hall–Kier alpha value is -1.79. The number of rotatable bonds is 5. The molecule has 0 aliphatic heterocycles. The van der Waals surface area contributed by atoms with Gasteiger partial charge in [0.05, 0.1) is 0 Å². The third-order valence-electron chi connectivity index (χ3n) is 2.23. The van der Waals surface area contributed by atoms with Gasteiger partial charge in [0.15, 0.2) is 6.10 Å². The minimum atomic E-state index is -1.27. The number of carbonyl (C=O) groups excluding carboxylic acids is 2. The topological polar surface area (TPSA) is 102 Å². The van der Waals surface area contributed by atoms with Crippen molar-refractivity contribution in [3.05, 3.63) is 0 Å². The maximum Gasteiger partial charge on any atom is 0.408 e. The van der Waals surface area contributed by atoms with Crippen molar-refractivity contribution in [2.75, 3.05) is 0 Å². The molecule has 0 fully saturated rings. The zero-order chi connectivity index (χ0) is 16.1. The molecule has 0 aromatic rings. The van der Waals surface area contributed by atoms with Gasteiger partial charge in [-0.25, -0.2) is 14.4 Å². The lowest BCUT2D eigenvalue weighted by Crippen LogP contribution is -2.48. The smallest absolute Gasteiger partial charge is 0.408 e. The second kappa shape index (κ2) is 7.12. The number of nitrogens with one attached hydrogen (secondary N) is 1. The van der Waals surface area contributed by atoms with Crippen molar-refractivity contribution in [1.29, 1.82) is 0 Å². The second-order valence-corrected chi connectivity index (χ2v) is 5.79. The summed E-state index contributed by atoms with van der Waals surface area (Å²) in [4.78, 5) is 34.1. The van der Waals surface area contributed by atoms with Gasteiger partial charge in [0.1, 0.15) is 11.6 Å². The quantitative estimate of drug-likeness (QED) is 0.744. The van der Waals surface area contributed by atoms with Crippen LogP contribution in [0.1, 0.15) is 41.5 Å².